The first-order valence-electron chi connectivity index (χ1n) is 9.15. The van der Waals surface area contributed by atoms with E-state index in [4.69, 9.17) is 9.47 Å². The van der Waals surface area contributed by atoms with Crippen molar-refractivity contribution in [3.63, 3.8) is 0 Å². The Labute approximate surface area is 147 Å². The number of nitrogens with zero attached hydrogens (tertiary/aromatic N) is 2. The molecule has 3 atom stereocenters. The average Bonchev–Trinajstić information content (AvgIpc) is 2.57. The van der Waals surface area contributed by atoms with Crippen LogP contribution in [0, 0.1) is 5.92 Å². The minimum absolute atomic E-state index is 0.643. The highest BCUT2D eigenvalue weighted by atomic mass is 16.5. The van der Waals surface area contributed by atoms with Crippen LogP contribution < -0.4 is 9.47 Å². The summed E-state index contributed by atoms with van der Waals surface area (Å²) in [5.74, 6) is 2.30. The van der Waals surface area contributed by atoms with Gasteiger partial charge < -0.3 is 14.4 Å². The molecule has 0 N–H and O–H groups in total. The zero-order valence-electron chi connectivity index (χ0n) is 16.2. The Kier molecular flexibility index (Phi) is 6.93. The van der Waals surface area contributed by atoms with Gasteiger partial charge in [0.2, 0.25) is 0 Å². The second-order valence-corrected chi connectivity index (χ2v) is 7.23. The van der Waals surface area contributed by atoms with E-state index in [1.165, 1.54) is 24.9 Å². The van der Waals surface area contributed by atoms with Gasteiger partial charge in [0.15, 0.2) is 11.5 Å². The Hall–Kier alpha value is -1.26. The molecule has 2 rings (SSSR count). The molecule has 24 heavy (non-hydrogen) atoms. The van der Waals surface area contributed by atoms with Crippen molar-refractivity contribution in [2.45, 2.75) is 52.2 Å². The van der Waals surface area contributed by atoms with E-state index in [0.717, 1.165) is 24.6 Å². The molecule has 0 aromatic heterocycles. The van der Waals surface area contributed by atoms with Gasteiger partial charge in [-0.2, -0.15) is 0 Å². The Balaban J connectivity index is 2.16. The van der Waals surface area contributed by atoms with Crippen molar-refractivity contribution in [2.75, 3.05) is 34.4 Å². The summed E-state index contributed by atoms with van der Waals surface area (Å²) in [6.07, 6.45) is 2.42. The summed E-state index contributed by atoms with van der Waals surface area (Å²) in [6.45, 7) is 10.3. The Morgan fingerprint density at radius 1 is 1.17 bits per heavy atom. The highest BCUT2D eigenvalue weighted by molar-refractivity contribution is 5.42. The normalized spacial score (nSPS) is 25.0. The Bertz CT molecular complexity index is 520. The molecule has 1 aromatic carbocycles. The molecular weight excluding hydrogens is 300 g/mol. The summed E-state index contributed by atoms with van der Waals surface area (Å²) < 4.78 is 10.8. The molecule has 0 amide bonds. The fourth-order valence-corrected chi connectivity index (χ4v) is 3.89. The summed E-state index contributed by atoms with van der Waals surface area (Å²) in [7, 11) is 5.63. The Morgan fingerprint density at radius 2 is 1.88 bits per heavy atom. The zero-order chi connectivity index (χ0) is 17.7. The van der Waals surface area contributed by atoms with Crippen LogP contribution in [0.3, 0.4) is 0 Å². The van der Waals surface area contributed by atoms with Crippen molar-refractivity contribution in [1.82, 2.24) is 9.80 Å². The van der Waals surface area contributed by atoms with E-state index < -0.39 is 0 Å². The van der Waals surface area contributed by atoms with Crippen LogP contribution in [0.5, 0.6) is 11.5 Å². The highest BCUT2D eigenvalue weighted by Crippen LogP contribution is 2.30. The molecule has 3 unspecified atom stereocenters. The van der Waals surface area contributed by atoms with Gasteiger partial charge in [0, 0.05) is 25.2 Å². The fourth-order valence-electron chi connectivity index (χ4n) is 3.89. The summed E-state index contributed by atoms with van der Waals surface area (Å²) >= 11 is 0. The second-order valence-electron chi connectivity index (χ2n) is 7.23. The van der Waals surface area contributed by atoms with E-state index in [1.54, 1.807) is 14.2 Å². The second kappa shape index (κ2) is 8.72. The van der Waals surface area contributed by atoms with E-state index >= 15 is 0 Å². The largest absolute Gasteiger partial charge is 0.493 e. The van der Waals surface area contributed by atoms with Crippen LogP contribution >= 0.6 is 0 Å². The number of hydrogen-bond acceptors (Lipinski definition) is 4. The molecule has 4 heteroatoms. The molecule has 1 aromatic rings. The minimum Gasteiger partial charge on any atom is -0.493 e. The number of likely N-dealkylation sites (tertiary alicyclic amines) is 1. The quantitative estimate of drug-likeness (QED) is 0.760. The highest BCUT2D eigenvalue weighted by Gasteiger charge is 2.32. The number of benzene rings is 1. The lowest BCUT2D eigenvalue weighted by Crippen LogP contribution is -2.52. The zero-order valence-corrected chi connectivity index (χ0v) is 16.2. The van der Waals surface area contributed by atoms with Gasteiger partial charge in [-0.15, -0.1) is 0 Å². The predicted molar refractivity (Wildman–Crippen MR) is 99.9 cm³/mol. The first-order chi connectivity index (χ1) is 11.5. The molecule has 1 aliphatic heterocycles. The van der Waals surface area contributed by atoms with Crippen LogP contribution in [0.15, 0.2) is 18.2 Å². The maximum atomic E-state index is 5.47. The van der Waals surface area contributed by atoms with Crippen molar-refractivity contribution in [1.29, 1.82) is 0 Å². The maximum absolute atomic E-state index is 5.47. The van der Waals surface area contributed by atoms with Crippen LogP contribution in [-0.2, 0) is 6.54 Å². The van der Waals surface area contributed by atoms with Crippen molar-refractivity contribution in [3.05, 3.63) is 23.8 Å². The molecule has 1 heterocycles. The monoisotopic (exact) mass is 334 g/mol. The van der Waals surface area contributed by atoms with Gasteiger partial charge in [-0.1, -0.05) is 19.9 Å². The summed E-state index contributed by atoms with van der Waals surface area (Å²) in [5.41, 5.74) is 1.29. The van der Waals surface area contributed by atoms with Crippen molar-refractivity contribution in [3.8, 4) is 11.5 Å². The van der Waals surface area contributed by atoms with E-state index in [-0.39, 0.29) is 0 Å². The fraction of sp³-hybridized carbons (Fsp3) is 0.700. The van der Waals surface area contributed by atoms with Gasteiger partial charge in [0.1, 0.15) is 0 Å². The molecule has 1 saturated heterocycles. The van der Waals surface area contributed by atoms with Crippen molar-refractivity contribution >= 4 is 0 Å². The van der Waals surface area contributed by atoms with Gasteiger partial charge >= 0.3 is 0 Å². The molecule has 0 saturated carbocycles. The molecule has 4 nitrogen and oxygen atoms in total. The molecule has 1 fully saturated rings. The number of piperidine rings is 1. The number of methoxy groups -OCH3 is 2. The number of rotatable bonds is 7. The van der Waals surface area contributed by atoms with Crippen LogP contribution in [0.25, 0.3) is 0 Å². The minimum atomic E-state index is 0.643. The van der Waals surface area contributed by atoms with Gasteiger partial charge in [-0.05, 0) is 57.0 Å². The van der Waals surface area contributed by atoms with Gasteiger partial charge in [-0.25, -0.2) is 0 Å². The molecule has 0 bridgehead atoms. The molecule has 136 valence electrons. The summed E-state index contributed by atoms with van der Waals surface area (Å²) in [4.78, 5) is 5.15. The molecule has 0 aliphatic carbocycles. The van der Waals surface area contributed by atoms with E-state index in [0.29, 0.717) is 18.0 Å². The lowest BCUT2D eigenvalue weighted by molar-refractivity contribution is 0.0410. The maximum Gasteiger partial charge on any atom is 0.161 e. The third-order valence-electron chi connectivity index (χ3n) is 5.38. The van der Waals surface area contributed by atoms with Gasteiger partial charge in [0.05, 0.1) is 14.2 Å². The lowest BCUT2D eigenvalue weighted by Gasteiger charge is -2.45. The van der Waals surface area contributed by atoms with E-state index in [2.05, 4.69) is 49.8 Å². The van der Waals surface area contributed by atoms with Crippen LogP contribution in [0.2, 0.25) is 0 Å². The van der Waals surface area contributed by atoms with Crippen LogP contribution in [0.4, 0.5) is 0 Å². The first-order valence-corrected chi connectivity index (χ1v) is 9.15. The molecule has 0 spiro atoms. The van der Waals surface area contributed by atoms with E-state index in [1.807, 2.05) is 6.07 Å². The van der Waals surface area contributed by atoms with Gasteiger partial charge in [-0.3, -0.25) is 4.90 Å². The lowest BCUT2D eigenvalue weighted by atomic mass is 9.88. The number of ether oxygens (including phenoxy) is 2. The standard InChI is InChI=1S/C20H34N2O2/c1-7-10-22(18-11-16(3)21(4)13-15(18)2)14-17-8-9-19(23-5)20(12-17)24-6/h8-9,12,15-16,18H,7,10-11,13-14H2,1-6H3. The smallest absolute Gasteiger partial charge is 0.161 e. The molecule has 0 radical (unpaired) electrons. The Morgan fingerprint density at radius 3 is 2.50 bits per heavy atom. The third-order valence-corrected chi connectivity index (χ3v) is 5.38. The number of hydrogen-bond donors (Lipinski definition) is 0. The summed E-state index contributed by atoms with van der Waals surface area (Å²) in [5, 5.41) is 0. The third kappa shape index (κ3) is 4.42. The van der Waals surface area contributed by atoms with E-state index in [9.17, 15) is 0 Å². The topological polar surface area (TPSA) is 24.9 Å². The SMILES string of the molecule is CCCN(Cc1ccc(OC)c(OC)c1)C1CC(C)N(C)CC1C. The van der Waals surface area contributed by atoms with Crippen molar-refractivity contribution < 1.29 is 9.47 Å². The summed E-state index contributed by atoms with van der Waals surface area (Å²) in [6, 6.07) is 7.58. The van der Waals surface area contributed by atoms with Gasteiger partial charge in [0.25, 0.3) is 0 Å². The average molecular weight is 335 g/mol. The molecular formula is C20H34N2O2. The predicted octanol–water partition coefficient (Wildman–Crippen LogP) is 3.64. The van der Waals surface area contributed by atoms with Crippen molar-refractivity contribution in [2.24, 2.45) is 5.92 Å². The first kappa shape index (κ1) is 19.1. The van der Waals surface area contributed by atoms with Crippen LogP contribution in [-0.4, -0.2) is 56.2 Å². The van der Waals surface area contributed by atoms with Crippen LogP contribution in [0.1, 0.15) is 39.2 Å². The molecule has 1 aliphatic rings.